The lowest BCUT2D eigenvalue weighted by Crippen LogP contribution is -2.26. The molecule has 86 valence electrons. The van der Waals surface area contributed by atoms with E-state index in [4.69, 9.17) is 0 Å². The molecular weight excluding hydrogens is 220 g/mol. The van der Waals surface area contributed by atoms with Crippen LogP contribution in [0.15, 0.2) is 18.2 Å². The summed E-state index contributed by atoms with van der Waals surface area (Å²) in [6, 6.07) is 4.17. The van der Waals surface area contributed by atoms with Gasteiger partial charge in [-0.25, -0.2) is 0 Å². The normalized spacial score (nSPS) is 16.0. The van der Waals surface area contributed by atoms with Gasteiger partial charge in [0, 0.05) is 25.7 Å². The molecule has 1 heterocycles. The average Bonchev–Trinajstić information content (AvgIpc) is 2.48. The van der Waals surface area contributed by atoms with Gasteiger partial charge in [0.15, 0.2) is 11.5 Å². The summed E-state index contributed by atoms with van der Waals surface area (Å²) >= 11 is 0. The molecule has 2 rings (SSSR count). The van der Waals surface area contributed by atoms with Gasteiger partial charge in [-0.3, -0.25) is 4.79 Å². The van der Waals surface area contributed by atoms with Crippen LogP contribution in [0.2, 0.25) is 0 Å². The molecular formula is C10H9F2NO3. The summed E-state index contributed by atoms with van der Waals surface area (Å²) in [5, 5.41) is 0. The van der Waals surface area contributed by atoms with Crippen molar-refractivity contribution in [2.24, 2.45) is 0 Å². The fraction of sp³-hybridized carbons (Fsp3) is 0.300. The number of carbonyl (C=O) groups is 1. The number of hydrogen-bond donors (Lipinski definition) is 0. The molecule has 0 bridgehead atoms. The van der Waals surface area contributed by atoms with Crippen molar-refractivity contribution in [2.45, 2.75) is 13.2 Å². The molecule has 0 atom stereocenters. The van der Waals surface area contributed by atoms with E-state index in [1.807, 2.05) is 0 Å². The standard InChI is InChI=1S/C10H9F2NO3/c1-6(14)13(2)7-3-4-8-9(5-7)16-10(11,12)15-8/h3-5H,1-2H3. The number of anilines is 1. The molecule has 1 aromatic rings. The highest BCUT2D eigenvalue weighted by atomic mass is 19.3. The number of hydrogen-bond acceptors (Lipinski definition) is 3. The Balaban J connectivity index is 2.32. The van der Waals surface area contributed by atoms with Crippen LogP contribution in [0.3, 0.4) is 0 Å². The van der Waals surface area contributed by atoms with Crippen LogP contribution in [0, 0.1) is 0 Å². The lowest BCUT2D eigenvalue weighted by atomic mass is 10.2. The van der Waals surface area contributed by atoms with Crippen LogP contribution >= 0.6 is 0 Å². The second-order valence-corrected chi connectivity index (χ2v) is 3.38. The van der Waals surface area contributed by atoms with Gasteiger partial charge in [0.2, 0.25) is 5.91 Å². The summed E-state index contributed by atoms with van der Waals surface area (Å²) in [6.07, 6.45) is -3.63. The van der Waals surface area contributed by atoms with Gasteiger partial charge in [0.1, 0.15) is 0 Å². The number of carbonyl (C=O) groups excluding carboxylic acids is 1. The van der Waals surface area contributed by atoms with E-state index in [1.54, 1.807) is 0 Å². The molecule has 16 heavy (non-hydrogen) atoms. The summed E-state index contributed by atoms with van der Waals surface area (Å²) in [6.45, 7) is 1.37. The van der Waals surface area contributed by atoms with Crippen LogP contribution < -0.4 is 14.4 Å². The fourth-order valence-corrected chi connectivity index (χ4v) is 1.33. The van der Waals surface area contributed by atoms with Crippen LogP contribution in [0.1, 0.15) is 6.92 Å². The van der Waals surface area contributed by atoms with Crippen LogP contribution in [-0.2, 0) is 4.79 Å². The topological polar surface area (TPSA) is 38.8 Å². The van der Waals surface area contributed by atoms with Crippen LogP contribution in [0.25, 0.3) is 0 Å². The molecule has 0 spiro atoms. The summed E-state index contributed by atoms with van der Waals surface area (Å²) in [7, 11) is 1.54. The highest BCUT2D eigenvalue weighted by molar-refractivity contribution is 5.91. The van der Waals surface area contributed by atoms with Crippen LogP contribution in [0.4, 0.5) is 14.5 Å². The summed E-state index contributed by atoms with van der Waals surface area (Å²) in [5.74, 6) is -0.313. The molecule has 4 nitrogen and oxygen atoms in total. The summed E-state index contributed by atoms with van der Waals surface area (Å²) in [5.41, 5.74) is 0.465. The van der Waals surface area contributed by atoms with Crippen molar-refractivity contribution in [2.75, 3.05) is 11.9 Å². The summed E-state index contributed by atoms with van der Waals surface area (Å²) < 4.78 is 33.9. The van der Waals surface area contributed by atoms with Crippen molar-refractivity contribution < 1.29 is 23.0 Å². The first-order chi connectivity index (χ1) is 7.39. The molecule has 0 saturated carbocycles. The second kappa shape index (κ2) is 3.33. The minimum absolute atomic E-state index is 0.0364. The molecule has 1 amide bonds. The smallest absolute Gasteiger partial charge is 0.395 e. The Morgan fingerprint density at radius 3 is 2.56 bits per heavy atom. The Hall–Kier alpha value is -1.85. The molecule has 0 aliphatic carbocycles. The zero-order valence-corrected chi connectivity index (χ0v) is 8.66. The first-order valence-electron chi connectivity index (χ1n) is 4.53. The van der Waals surface area contributed by atoms with Gasteiger partial charge in [-0.2, -0.15) is 0 Å². The number of benzene rings is 1. The van der Waals surface area contributed by atoms with Gasteiger partial charge in [0.05, 0.1) is 0 Å². The maximum absolute atomic E-state index is 12.7. The zero-order valence-electron chi connectivity index (χ0n) is 8.66. The number of halogens is 2. The lowest BCUT2D eigenvalue weighted by molar-refractivity contribution is -0.286. The van der Waals surface area contributed by atoms with Gasteiger partial charge in [-0.15, -0.1) is 8.78 Å². The van der Waals surface area contributed by atoms with Gasteiger partial charge >= 0.3 is 6.29 Å². The predicted molar refractivity (Wildman–Crippen MR) is 51.7 cm³/mol. The van der Waals surface area contributed by atoms with E-state index < -0.39 is 6.29 Å². The maximum Gasteiger partial charge on any atom is 0.586 e. The van der Waals surface area contributed by atoms with E-state index in [0.717, 1.165) is 0 Å². The third-order valence-corrected chi connectivity index (χ3v) is 2.24. The predicted octanol–water partition coefficient (Wildman–Crippen LogP) is 1.99. The molecule has 0 unspecified atom stereocenters. The third kappa shape index (κ3) is 1.78. The first-order valence-corrected chi connectivity index (χ1v) is 4.53. The van der Waals surface area contributed by atoms with E-state index in [0.29, 0.717) is 5.69 Å². The molecule has 1 aromatic carbocycles. The van der Waals surface area contributed by atoms with Crippen molar-refractivity contribution in [3.8, 4) is 11.5 Å². The number of amides is 1. The number of fused-ring (bicyclic) bond motifs is 1. The number of ether oxygens (including phenoxy) is 2. The minimum Gasteiger partial charge on any atom is -0.395 e. The minimum atomic E-state index is -3.63. The van der Waals surface area contributed by atoms with Gasteiger partial charge < -0.3 is 14.4 Å². The Morgan fingerprint density at radius 1 is 1.31 bits per heavy atom. The second-order valence-electron chi connectivity index (χ2n) is 3.38. The molecule has 1 aliphatic heterocycles. The number of nitrogens with zero attached hydrogens (tertiary/aromatic N) is 1. The number of rotatable bonds is 1. The van der Waals surface area contributed by atoms with E-state index in [-0.39, 0.29) is 17.4 Å². The van der Waals surface area contributed by atoms with E-state index in [2.05, 4.69) is 9.47 Å². The van der Waals surface area contributed by atoms with Gasteiger partial charge in [-0.1, -0.05) is 0 Å². The molecule has 6 heteroatoms. The van der Waals surface area contributed by atoms with Crippen molar-refractivity contribution >= 4 is 11.6 Å². The average molecular weight is 229 g/mol. The van der Waals surface area contributed by atoms with Crippen molar-refractivity contribution in [3.05, 3.63) is 18.2 Å². The maximum atomic E-state index is 12.7. The lowest BCUT2D eigenvalue weighted by Gasteiger charge is -2.14. The van der Waals surface area contributed by atoms with Crippen LogP contribution in [0.5, 0.6) is 11.5 Å². The third-order valence-electron chi connectivity index (χ3n) is 2.24. The zero-order chi connectivity index (χ0) is 11.9. The molecule has 0 N–H and O–H groups in total. The summed E-state index contributed by atoms with van der Waals surface area (Å²) in [4.78, 5) is 12.4. The quantitative estimate of drug-likeness (QED) is 0.739. The van der Waals surface area contributed by atoms with E-state index >= 15 is 0 Å². The Kier molecular flexibility index (Phi) is 2.22. The van der Waals surface area contributed by atoms with Crippen molar-refractivity contribution in [1.82, 2.24) is 0 Å². The largest absolute Gasteiger partial charge is 0.586 e. The number of alkyl halides is 2. The monoisotopic (exact) mass is 229 g/mol. The van der Waals surface area contributed by atoms with E-state index in [1.165, 1.54) is 37.1 Å². The first kappa shape index (κ1) is 10.7. The van der Waals surface area contributed by atoms with Crippen LogP contribution in [-0.4, -0.2) is 19.2 Å². The molecule has 0 saturated heterocycles. The Bertz CT molecular complexity index is 448. The SMILES string of the molecule is CC(=O)N(C)c1ccc2c(c1)OC(F)(F)O2. The van der Waals surface area contributed by atoms with E-state index in [9.17, 15) is 13.6 Å². The van der Waals surface area contributed by atoms with Gasteiger partial charge in [0.25, 0.3) is 0 Å². The molecule has 1 aliphatic rings. The van der Waals surface area contributed by atoms with Gasteiger partial charge in [-0.05, 0) is 12.1 Å². The highest BCUT2D eigenvalue weighted by Crippen LogP contribution is 2.42. The van der Waals surface area contributed by atoms with Crippen molar-refractivity contribution in [3.63, 3.8) is 0 Å². The Morgan fingerprint density at radius 2 is 1.94 bits per heavy atom. The molecule has 0 fully saturated rings. The Labute approximate surface area is 90.4 Å². The molecule has 0 aromatic heterocycles. The highest BCUT2D eigenvalue weighted by Gasteiger charge is 2.43. The van der Waals surface area contributed by atoms with Crippen molar-refractivity contribution in [1.29, 1.82) is 0 Å². The molecule has 0 radical (unpaired) electrons. The fourth-order valence-electron chi connectivity index (χ4n) is 1.33.